The van der Waals surface area contributed by atoms with Crippen molar-refractivity contribution in [1.82, 2.24) is 14.3 Å². The zero-order valence-electron chi connectivity index (χ0n) is 25.4. The lowest BCUT2D eigenvalue weighted by atomic mass is 9.82. The van der Waals surface area contributed by atoms with Crippen LogP contribution in [0.3, 0.4) is 0 Å². The lowest BCUT2D eigenvalue weighted by Gasteiger charge is -2.24. The molecule has 0 saturated heterocycles. The van der Waals surface area contributed by atoms with Crippen molar-refractivity contribution in [2.45, 2.75) is 52.6 Å². The molecule has 0 aliphatic heterocycles. The minimum atomic E-state index is -4.38. The molecule has 1 N–H and O–H groups in total. The van der Waals surface area contributed by atoms with Crippen LogP contribution < -0.4 is 15.6 Å². The topological polar surface area (TPSA) is 85.6 Å². The van der Waals surface area contributed by atoms with Crippen LogP contribution in [-0.2, 0) is 18.3 Å². The molecule has 0 bridgehead atoms. The number of nitrogens with one attached hydrogen (secondary N) is 1. The van der Waals surface area contributed by atoms with Crippen LogP contribution in [0.2, 0.25) is 5.02 Å². The van der Waals surface area contributed by atoms with E-state index in [0.717, 1.165) is 11.0 Å². The van der Waals surface area contributed by atoms with Crippen LogP contribution in [-0.4, -0.2) is 58.9 Å². The van der Waals surface area contributed by atoms with Gasteiger partial charge in [-0.25, -0.2) is 9.07 Å². The fourth-order valence-corrected chi connectivity index (χ4v) is 5.08. The van der Waals surface area contributed by atoms with E-state index in [-0.39, 0.29) is 66.6 Å². The third-order valence-electron chi connectivity index (χ3n) is 7.12. The molecule has 0 fully saturated rings. The highest BCUT2D eigenvalue weighted by atomic mass is 35.5. The van der Waals surface area contributed by atoms with Gasteiger partial charge in [0.2, 0.25) is 5.91 Å². The lowest BCUT2D eigenvalue weighted by Crippen LogP contribution is -2.33. The molecule has 2 aromatic carbocycles. The van der Waals surface area contributed by atoms with Crippen molar-refractivity contribution >= 4 is 29.0 Å². The first-order valence-corrected chi connectivity index (χ1v) is 14.5. The number of amides is 1. The van der Waals surface area contributed by atoms with E-state index in [1.807, 2.05) is 0 Å². The smallest absolute Gasteiger partial charge is 0.401 e. The molecule has 0 saturated carbocycles. The van der Waals surface area contributed by atoms with Crippen LogP contribution in [0.5, 0.6) is 5.75 Å². The Bertz CT molecular complexity index is 1530. The third kappa shape index (κ3) is 9.18. The number of ether oxygens (including phenoxy) is 1. The van der Waals surface area contributed by atoms with Crippen LogP contribution in [0.1, 0.15) is 56.1 Å². The first kappa shape index (κ1) is 34.8. The molecule has 0 aliphatic rings. The molecule has 0 atom stereocenters. The monoisotopic (exact) mass is 640 g/mol. The Morgan fingerprint density at radius 1 is 1.11 bits per heavy atom. The van der Waals surface area contributed by atoms with Gasteiger partial charge in [-0.3, -0.25) is 24.0 Å². The van der Waals surface area contributed by atoms with Crippen molar-refractivity contribution in [1.29, 1.82) is 0 Å². The summed E-state index contributed by atoms with van der Waals surface area (Å²) in [4.78, 5) is 40.9. The second-order valence-corrected chi connectivity index (χ2v) is 11.8. The second-order valence-electron chi connectivity index (χ2n) is 11.4. The van der Waals surface area contributed by atoms with Crippen molar-refractivity contribution in [2.24, 2.45) is 12.5 Å². The molecule has 13 heteroatoms. The summed E-state index contributed by atoms with van der Waals surface area (Å²) in [5.74, 6) is -1.44. The van der Waals surface area contributed by atoms with Gasteiger partial charge in [-0.05, 0) is 44.0 Å². The molecular formula is C31H37ClF4N4O4. The van der Waals surface area contributed by atoms with Gasteiger partial charge in [-0.15, -0.1) is 0 Å². The Kier molecular flexibility index (Phi) is 11.4. The third-order valence-corrected chi connectivity index (χ3v) is 7.41. The molecule has 240 valence electrons. The number of anilines is 1. The first-order valence-electron chi connectivity index (χ1n) is 14.1. The number of likely N-dealkylation sites (N-methyl/N-ethyl adjacent to an activating group) is 1. The molecule has 44 heavy (non-hydrogen) atoms. The number of hydrogen-bond acceptors (Lipinski definition) is 5. The number of ketones is 1. The minimum Gasteiger partial charge on any atom is -0.493 e. The number of alkyl halides is 3. The maximum atomic E-state index is 13.9. The number of nitrogens with zero attached hydrogens (tertiary/aromatic N) is 3. The van der Waals surface area contributed by atoms with E-state index in [1.165, 1.54) is 22.5 Å². The Labute approximate surface area is 258 Å². The van der Waals surface area contributed by atoms with Gasteiger partial charge in [0.05, 0.1) is 35.1 Å². The molecule has 0 unspecified atom stereocenters. The van der Waals surface area contributed by atoms with E-state index in [9.17, 15) is 31.9 Å². The summed E-state index contributed by atoms with van der Waals surface area (Å²) >= 11 is 5.89. The minimum absolute atomic E-state index is 0.0147. The zero-order chi connectivity index (χ0) is 32.8. The molecule has 0 spiro atoms. The number of carbonyl (C=O) groups excluding carboxylic acids is 2. The van der Waals surface area contributed by atoms with Gasteiger partial charge >= 0.3 is 6.18 Å². The first-order chi connectivity index (χ1) is 20.5. The number of benzene rings is 2. The van der Waals surface area contributed by atoms with Gasteiger partial charge in [0, 0.05) is 38.9 Å². The molecule has 1 aromatic heterocycles. The predicted octanol–water partition coefficient (Wildman–Crippen LogP) is 6.42. The van der Waals surface area contributed by atoms with E-state index in [2.05, 4.69) is 5.32 Å². The summed E-state index contributed by atoms with van der Waals surface area (Å²) < 4.78 is 60.9. The Hall–Kier alpha value is -3.64. The van der Waals surface area contributed by atoms with Crippen molar-refractivity contribution < 1.29 is 31.9 Å². The van der Waals surface area contributed by atoms with E-state index in [1.54, 1.807) is 58.2 Å². The van der Waals surface area contributed by atoms with Crippen molar-refractivity contribution in [3.63, 3.8) is 0 Å². The van der Waals surface area contributed by atoms with Crippen molar-refractivity contribution in [3.05, 3.63) is 74.9 Å². The SMILES string of the molecule is CCOc1cc(F)c(Cl)cc1C(=O)CCC(C)(C)CC(=O)Nc1c(CCN(C)CC(F)(F)F)n(C)n(-c2ccccc2)c1=O. The summed E-state index contributed by atoms with van der Waals surface area (Å²) in [5, 5.41) is 2.49. The molecule has 3 aromatic rings. The quantitative estimate of drug-likeness (QED) is 0.162. The highest BCUT2D eigenvalue weighted by Gasteiger charge is 2.30. The Morgan fingerprint density at radius 3 is 2.39 bits per heavy atom. The standard InChI is InChI=1S/C31H37ClF4N4O4/c1-6-44-26-17-23(33)22(32)16-21(26)25(41)12-14-30(2,3)18-27(42)37-28-24(13-15-38(4)19-31(34,35)36)39(5)40(29(28)43)20-10-8-7-9-11-20/h7-11,16-17H,6,12-15,18-19H2,1-5H3,(H,37,42). The van der Waals surface area contributed by atoms with E-state index < -0.39 is 35.4 Å². The van der Waals surface area contributed by atoms with Gasteiger partial charge in [-0.1, -0.05) is 43.6 Å². The molecule has 1 amide bonds. The van der Waals surface area contributed by atoms with Crippen molar-refractivity contribution in [3.8, 4) is 11.4 Å². The second kappa shape index (κ2) is 14.4. The zero-order valence-corrected chi connectivity index (χ0v) is 26.1. The molecule has 0 radical (unpaired) electrons. The molecule has 0 aliphatic carbocycles. The van der Waals surface area contributed by atoms with E-state index in [4.69, 9.17) is 16.3 Å². The highest BCUT2D eigenvalue weighted by molar-refractivity contribution is 6.31. The number of rotatable bonds is 14. The predicted molar refractivity (Wildman–Crippen MR) is 161 cm³/mol. The molecular weight excluding hydrogens is 604 g/mol. The summed E-state index contributed by atoms with van der Waals surface area (Å²) in [5.41, 5.74) is -0.205. The Morgan fingerprint density at radius 2 is 1.77 bits per heavy atom. The number of Topliss-reactive ketones (excluding diaryl/α,β-unsaturated/α-hetero) is 1. The average molecular weight is 641 g/mol. The number of para-hydroxylation sites is 1. The van der Waals surface area contributed by atoms with E-state index in [0.29, 0.717) is 11.4 Å². The molecule has 8 nitrogen and oxygen atoms in total. The Balaban J connectivity index is 1.79. The maximum absolute atomic E-state index is 13.9. The lowest BCUT2D eigenvalue weighted by molar-refractivity contribution is -0.142. The van der Waals surface area contributed by atoms with Gasteiger partial charge in [0.15, 0.2) is 5.78 Å². The van der Waals surface area contributed by atoms with Crippen LogP contribution in [0, 0.1) is 11.2 Å². The number of halogens is 5. The van der Waals surface area contributed by atoms with Gasteiger partial charge < -0.3 is 10.1 Å². The van der Waals surface area contributed by atoms with Crippen LogP contribution in [0.4, 0.5) is 23.2 Å². The van der Waals surface area contributed by atoms with Gasteiger partial charge in [0.25, 0.3) is 5.56 Å². The summed E-state index contributed by atoms with van der Waals surface area (Å²) in [6.07, 6.45) is -4.08. The summed E-state index contributed by atoms with van der Waals surface area (Å²) in [6.45, 7) is 4.38. The van der Waals surface area contributed by atoms with E-state index >= 15 is 0 Å². The average Bonchev–Trinajstić information content (AvgIpc) is 3.15. The summed E-state index contributed by atoms with van der Waals surface area (Å²) in [6, 6.07) is 11.0. The fraction of sp³-hybridized carbons (Fsp3) is 0.452. The fourth-order valence-electron chi connectivity index (χ4n) is 4.92. The van der Waals surface area contributed by atoms with Gasteiger partial charge in [0.1, 0.15) is 17.3 Å². The number of aromatic nitrogens is 2. The molecule has 3 rings (SSSR count). The van der Waals surface area contributed by atoms with Crippen molar-refractivity contribution in [2.75, 3.05) is 32.1 Å². The van der Waals surface area contributed by atoms with Gasteiger partial charge in [-0.2, -0.15) is 13.2 Å². The maximum Gasteiger partial charge on any atom is 0.401 e. The largest absolute Gasteiger partial charge is 0.493 e. The molecule has 1 heterocycles. The van der Waals surface area contributed by atoms with Crippen LogP contribution in [0.25, 0.3) is 5.69 Å². The summed E-state index contributed by atoms with van der Waals surface area (Å²) in [7, 11) is 2.94. The normalized spacial score (nSPS) is 12.1. The highest BCUT2D eigenvalue weighted by Crippen LogP contribution is 2.32. The number of hydrogen-bond donors (Lipinski definition) is 1. The van der Waals surface area contributed by atoms with Crippen LogP contribution >= 0.6 is 11.6 Å². The van der Waals surface area contributed by atoms with Crippen LogP contribution in [0.15, 0.2) is 47.3 Å². The number of carbonyl (C=O) groups is 2.